The van der Waals surface area contributed by atoms with Gasteiger partial charge in [0.2, 0.25) is 0 Å². The van der Waals surface area contributed by atoms with E-state index in [1.54, 1.807) is 6.07 Å². The Balaban J connectivity index is 1.68. The number of amides is 1. The molecule has 1 amide bonds. The predicted molar refractivity (Wildman–Crippen MR) is 102 cm³/mol. The molecule has 154 valence electrons. The number of piperidine rings is 1. The highest BCUT2D eigenvalue weighted by atomic mass is 19.4. The van der Waals surface area contributed by atoms with Gasteiger partial charge >= 0.3 is 12.3 Å². The first kappa shape index (κ1) is 20.7. The molecule has 6 heteroatoms. The fourth-order valence-electron chi connectivity index (χ4n) is 4.11. The molecule has 1 fully saturated rings. The fraction of sp³-hybridized carbons (Fsp3) is 0.591. The summed E-state index contributed by atoms with van der Waals surface area (Å²) in [5, 5.41) is 0. The maximum absolute atomic E-state index is 12.9. The number of alkyl halides is 3. The molecule has 28 heavy (non-hydrogen) atoms. The van der Waals surface area contributed by atoms with Gasteiger partial charge in [-0.05, 0) is 70.9 Å². The number of hydrogen-bond donors (Lipinski definition) is 0. The van der Waals surface area contributed by atoms with Gasteiger partial charge in [-0.15, -0.1) is 0 Å². The third kappa shape index (κ3) is 5.09. The summed E-state index contributed by atoms with van der Waals surface area (Å²) in [6.07, 6.45) is 2.53. The Hall–Kier alpha value is -1.98. The summed E-state index contributed by atoms with van der Waals surface area (Å²) >= 11 is 0. The van der Waals surface area contributed by atoms with E-state index in [4.69, 9.17) is 4.74 Å². The Labute approximate surface area is 164 Å². The highest BCUT2D eigenvalue weighted by molar-refractivity contribution is 5.70. The van der Waals surface area contributed by atoms with Gasteiger partial charge in [0, 0.05) is 6.04 Å². The normalized spacial score (nSPS) is 22.6. The van der Waals surface area contributed by atoms with Gasteiger partial charge in [0.15, 0.2) is 0 Å². The van der Waals surface area contributed by atoms with Crippen molar-refractivity contribution in [3.05, 3.63) is 47.0 Å². The number of fused-ring (bicyclic) bond motifs is 2. The number of benzene rings is 1. The first-order chi connectivity index (χ1) is 13.0. The molecule has 3 nitrogen and oxygen atoms in total. The molecule has 2 bridgehead atoms. The molecule has 2 atom stereocenters. The van der Waals surface area contributed by atoms with Crippen LogP contribution in [0.4, 0.5) is 18.0 Å². The zero-order valence-electron chi connectivity index (χ0n) is 16.7. The third-order valence-electron chi connectivity index (χ3n) is 5.31. The molecule has 1 saturated heterocycles. The summed E-state index contributed by atoms with van der Waals surface area (Å²) in [5.74, 6) is 0. The van der Waals surface area contributed by atoms with E-state index in [1.165, 1.54) is 17.7 Å². The van der Waals surface area contributed by atoms with Crippen molar-refractivity contribution in [1.82, 2.24) is 4.90 Å². The minimum atomic E-state index is -4.31. The maximum Gasteiger partial charge on any atom is 0.416 e. The number of carbonyl (C=O) groups is 1. The van der Waals surface area contributed by atoms with Gasteiger partial charge < -0.3 is 4.74 Å². The van der Waals surface area contributed by atoms with Gasteiger partial charge in [0.05, 0.1) is 11.6 Å². The van der Waals surface area contributed by atoms with Crippen molar-refractivity contribution in [2.75, 3.05) is 0 Å². The lowest BCUT2D eigenvalue weighted by atomic mass is 9.83. The molecule has 1 aromatic carbocycles. The van der Waals surface area contributed by atoms with Crippen LogP contribution in [0.5, 0.6) is 0 Å². The summed E-state index contributed by atoms with van der Waals surface area (Å²) < 4.78 is 44.3. The molecule has 1 aromatic rings. The highest BCUT2D eigenvalue weighted by Gasteiger charge is 2.39. The lowest BCUT2D eigenvalue weighted by Gasteiger charge is -2.45. The van der Waals surface area contributed by atoms with Crippen LogP contribution in [-0.2, 0) is 17.3 Å². The number of carbonyl (C=O) groups excluding carboxylic acids is 1. The van der Waals surface area contributed by atoms with E-state index in [-0.39, 0.29) is 18.2 Å². The minimum Gasteiger partial charge on any atom is -0.444 e. The molecule has 2 unspecified atom stereocenters. The Morgan fingerprint density at radius 1 is 1.18 bits per heavy atom. The van der Waals surface area contributed by atoms with Crippen LogP contribution in [0, 0.1) is 0 Å². The van der Waals surface area contributed by atoms with Crippen molar-refractivity contribution in [3.8, 4) is 0 Å². The fourth-order valence-corrected chi connectivity index (χ4v) is 4.11. The van der Waals surface area contributed by atoms with Crippen LogP contribution in [0.2, 0.25) is 0 Å². The minimum absolute atomic E-state index is 0.0267. The maximum atomic E-state index is 12.9. The average Bonchev–Trinajstić information content (AvgIpc) is 2.57. The number of nitrogens with zero attached hydrogens (tertiary/aromatic N) is 1. The number of aryl methyl sites for hydroxylation is 1. The van der Waals surface area contributed by atoms with Crippen LogP contribution in [0.25, 0.3) is 0 Å². The molecular formula is C22H28F3NO2. The van der Waals surface area contributed by atoms with Crippen LogP contribution in [0.1, 0.15) is 64.0 Å². The second-order valence-electron chi connectivity index (χ2n) is 8.77. The molecule has 0 aromatic heterocycles. The van der Waals surface area contributed by atoms with E-state index in [9.17, 15) is 18.0 Å². The van der Waals surface area contributed by atoms with Crippen LogP contribution >= 0.6 is 0 Å². The second kappa shape index (κ2) is 7.80. The van der Waals surface area contributed by atoms with E-state index >= 15 is 0 Å². The van der Waals surface area contributed by atoms with Crippen molar-refractivity contribution in [1.29, 1.82) is 0 Å². The molecule has 0 saturated carbocycles. The van der Waals surface area contributed by atoms with Crippen molar-refractivity contribution in [3.63, 3.8) is 0 Å². The Kier molecular flexibility index (Phi) is 5.78. The van der Waals surface area contributed by atoms with Crippen molar-refractivity contribution in [2.45, 2.75) is 83.2 Å². The first-order valence-electron chi connectivity index (χ1n) is 9.90. The summed E-state index contributed by atoms with van der Waals surface area (Å²) in [5.41, 5.74) is 0.789. The van der Waals surface area contributed by atoms with Gasteiger partial charge in [-0.3, -0.25) is 4.90 Å². The van der Waals surface area contributed by atoms with Crippen LogP contribution < -0.4 is 0 Å². The molecule has 0 spiro atoms. The van der Waals surface area contributed by atoms with Crippen molar-refractivity contribution >= 4 is 6.09 Å². The average molecular weight is 395 g/mol. The summed E-state index contributed by atoms with van der Waals surface area (Å²) in [7, 11) is 0. The predicted octanol–water partition coefficient (Wildman–Crippen LogP) is 6.13. The van der Waals surface area contributed by atoms with Crippen LogP contribution in [-0.4, -0.2) is 28.7 Å². The Morgan fingerprint density at radius 2 is 1.93 bits per heavy atom. The van der Waals surface area contributed by atoms with Gasteiger partial charge in [-0.2, -0.15) is 13.2 Å². The monoisotopic (exact) mass is 395 g/mol. The van der Waals surface area contributed by atoms with E-state index in [1.807, 2.05) is 25.7 Å². The van der Waals surface area contributed by atoms with Gasteiger partial charge in [0.25, 0.3) is 0 Å². The summed E-state index contributed by atoms with van der Waals surface area (Å²) in [4.78, 5) is 14.5. The molecule has 2 aliphatic heterocycles. The molecule has 3 rings (SSSR count). The van der Waals surface area contributed by atoms with Crippen LogP contribution in [0.15, 0.2) is 35.9 Å². The van der Waals surface area contributed by atoms with Crippen LogP contribution in [0.3, 0.4) is 0 Å². The summed E-state index contributed by atoms with van der Waals surface area (Å²) in [6, 6.07) is 5.69. The van der Waals surface area contributed by atoms with Crippen molar-refractivity contribution in [2.24, 2.45) is 0 Å². The smallest absolute Gasteiger partial charge is 0.416 e. The van der Waals surface area contributed by atoms with E-state index in [0.29, 0.717) is 12.0 Å². The van der Waals surface area contributed by atoms with E-state index < -0.39 is 17.3 Å². The van der Waals surface area contributed by atoms with E-state index in [0.717, 1.165) is 38.2 Å². The number of rotatable bonds is 3. The molecule has 0 N–H and O–H groups in total. The number of hydrogen-bond acceptors (Lipinski definition) is 2. The van der Waals surface area contributed by atoms with Gasteiger partial charge in [-0.1, -0.05) is 29.8 Å². The largest absolute Gasteiger partial charge is 0.444 e. The lowest BCUT2D eigenvalue weighted by Crippen LogP contribution is -2.53. The Morgan fingerprint density at radius 3 is 2.57 bits per heavy atom. The third-order valence-corrected chi connectivity index (χ3v) is 5.31. The quantitative estimate of drug-likeness (QED) is 0.577. The van der Waals surface area contributed by atoms with Gasteiger partial charge in [-0.25, -0.2) is 4.79 Å². The number of ether oxygens (including phenoxy) is 1. The van der Waals surface area contributed by atoms with E-state index in [2.05, 4.69) is 6.08 Å². The highest BCUT2D eigenvalue weighted by Crippen LogP contribution is 2.36. The molecule has 2 aliphatic rings. The SMILES string of the molecule is CC(C)(C)OC(=O)N1C2C=C(CCc3cccc(C(F)(F)F)c3)CC1CCC2. The van der Waals surface area contributed by atoms with Gasteiger partial charge in [0.1, 0.15) is 5.60 Å². The topological polar surface area (TPSA) is 29.5 Å². The second-order valence-corrected chi connectivity index (χ2v) is 8.77. The Bertz CT molecular complexity index is 749. The molecule has 0 aliphatic carbocycles. The standard InChI is InChI=1S/C22H28F3NO2/c1-21(2,3)28-20(27)26-18-8-5-9-19(26)14-16(13-18)11-10-15-6-4-7-17(12-15)22(23,24)25/h4,6-7,12-13,18-19H,5,8-11,14H2,1-3H3. The molecular weight excluding hydrogens is 367 g/mol. The zero-order chi connectivity index (χ0) is 20.5. The molecule has 2 heterocycles. The zero-order valence-corrected chi connectivity index (χ0v) is 16.7. The first-order valence-corrected chi connectivity index (χ1v) is 9.90. The molecule has 0 radical (unpaired) electrons. The van der Waals surface area contributed by atoms with Crippen molar-refractivity contribution < 1.29 is 22.7 Å². The summed E-state index contributed by atoms with van der Waals surface area (Å²) in [6.45, 7) is 5.59. The number of halogens is 3. The lowest BCUT2D eigenvalue weighted by molar-refractivity contribution is -0.137.